The lowest BCUT2D eigenvalue weighted by atomic mass is 10.1. The average molecular weight is 480 g/mol. The molecule has 0 aliphatic carbocycles. The van der Waals surface area contributed by atoms with E-state index in [0.717, 1.165) is 77.7 Å². The van der Waals surface area contributed by atoms with E-state index in [0.29, 0.717) is 0 Å². The molecule has 0 radical (unpaired) electrons. The van der Waals surface area contributed by atoms with Gasteiger partial charge in [-0.2, -0.15) is 0 Å². The Hall–Kier alpha value is -0.610. The second-order valence-corrected chi connectivity index (χ2v) is 7.00. The van der Waals surface area contributed by atoms with E-state index in [-0.39, 0.29) is 42.1 Å². The molecule has 1 N–H and O–H groups in total. The van der Waals surface area contributed by atoms with Crippen LogP contribution in [0.1, 0.15) is 39.0 Å². The summed E-state index contributed by atoms with van der Waals surface area (Å²) in [6.45, 7) is 8.34. The maximum atomic E-state index is 12.5. The monoisotopic (exact) mass is 480 g/mol. The summed E-state index contributed by atoms with van der Waals surface area (Å²) in [7, 11) is 0. The number of amides is 1. The molecule has 0 aromatic carbocycles. The Morgan fingerprint density at radius 2 is 1.77 bits per heavy atom. The number of piperazine rings is 1. The topological polar surface area (TPSA) is 66.4 Å². The molecule has 1 amide bonds. The number of ether oxygens (including phenoxy) is 2. The minimum absolute atomic E-state index is 0. The van der Waals surface area contributed by atoms with Gasteiger partial charge in [0.2, 0.25) is 0 Å². The van der Waals surface area contributed by atoms with Gasteiger partial charge in [-0.3, -0.25) is 9.79 Å². The average Bonchev–Trinajstić information content (AvgIpc) is 3.20. The maximum absolute atomic E-state index is 12.5. The molecular formula is C18H33IN4O3. The summed E-state index contributed by atoms with van der Waals surface area (Å²) in [4.78, 5) is 21.4. The predicted molar refractivity (Wildman–Crippen MR) is 112 cm³/mol. The molecule has 3 rings (SSSR count). The molecule has 8 heteroatoms. The zero-order valence-corrected chi connectivity index (χ0v) is 18.2. The Balaban J connectivity index is 0.00000243. The zero-order chi connectivity index (χ0) is 17.5. The molecule has 26 heavy (non-hydrogen) atoms. The lowest BCUT2D eigenvalue weighted by Crippen LogP contribution is -2.55. The molecule has 0 spiro atoms. The SMILES string of the molecule is CCNC(=NCC1CCCCO1)N1CCN(C(=O)C2CCCO2)CC1.I. The van der Waals surface area contributed by atoms with E-state index in [1.54, 1.807) is 0 Å². The Bertz CT molecular complexity index is 457. The Morgan fingerprint density at radius 1 is 1.04 bits per heavy atom. The third-order valence-electron chi connectivity index (χ3n) is 5.15. The van der Waals surface area contributed by atoms with Gasteiger partial charge in [0.1, 0.15) is 6.10 Å². The van der Waals surface area contributed by atoms with E-state index in [1.165, 1.54) is 12.8 Å². The second kappa shape index (κ2) is 11.3. The van der Waals surface area contributed by atoms with Crippen molar-refractivity contribution < 1.29 is 14.3 Å². The molecule has 150 valence electrons. The molecule has 3 heterocycles. The van der Waals surface area contributed by atoms with Gasteiger partial charge in [-0.15, -0.1) is 24.0 Å². The summed E-state index contributed by atoms with van der Waals surface area (Å²) < 4.78 is 11.3. The van der Waals surface area contributed by atoms with Crippen LogP contribution in [0, 0.1) is 0 Å². The van der Waals surface area contributed by atoms with Gasteiger partial charge in [0.05, 0.1) is 12.6 Å². The highest BCUT2D eigenvalue weighted by molar-refractivity contribution is 14.0. The zero-order valence-electron chi connectivity index (χ0n) is 15.8. The van der Waals surface area contributed by atoms with Crippen LogP contribution in [0.5, 0.6) is 0 Å². The van der Waals surface area contributed by atoms with Crippen molar-refractivity contribution in [2.45, 2.75) is 51.2 Å². The molecule has 7 nitrogen and oxygen atoms in total. The lowest BCUT2D eigenvalue weighted by molar-refractivity contribution is -0.142. The standard InChI is InChI=1S/C18H32N4O3.HI/c1-2-19-18(20-14-15-6-3-4-12-24-15)22-10-8-21(9-11-22)17(23)16-7-5-13-25-16;/h15-16H,2-14H2,1H3,(H,19,20);1H. The van der Waals surface area contributed by atoms with Crippen molar-refractivity contribution in [3.63, 3.8) is 0 Å². The summed E-state index contributed by atoms with van der Waals surface area (Å²) in [6.07, 6.45) is 5.41. The Morgan fingerprint density at radius 3 is 2.38 bits per heavy atom. The highest BCUT2D eigenvalue weighted by atomic mass is 127. The van der Waals surface area contributed by atoms with Gasteiger partial charge in [0, 0.05) is 45.9 Å². The number of guanidine groups is 1. The number of halogens is 1. The number of hydrogen-bond acceptors (Lipinski definition) is 4. The number of carbonyl (C=O) groups excluding carboxylic acids is 1. The molecule has 3 aliphatic heterocycles. The number of aliphatic imine (C=N–C) groups is 1. The molecule has 2 atom stereocenters. The fourth-order valence-corrected chi connectivity index (χ4v) is 3.68. The van der Waals surface area contributed by atoms with Gasteiger partial charge >= 0.3 is 0 Å². The molecule has 3 aliphatic rings. The molecule has 0 aromatic rings. The van der Waals surface area contributed by atoms with E-state index in [1.807, 2.05) is 4.90 Å². The van der Waals surface area contributed by atoms with Crippen molar-refractivity contribution in [2.75, 3.05) is 52.5 Å². The Labute approximate surface area is 173 Å². The fourth-order valence-electron chi connectivity index (χ4n) is 3.68. The summed E-state index contributed by atoms with van der Waals surface area (Å²) in [5.74, 6) is 1.11. The van der Waals surface area contributed by atoms with E-state index >= 15 is 0 Å². The van der Waals surface area contributed by atoms with Crippen LogP contribution >= 0.6 is 24.0 Å². The summed E-state index contributed by atoms with van der Waals surface area (Å²) in [6, 6.07) is 0. The minimum atomic E-state index is -0.211. The first-order chi connectivity index (χ1) is 12.3. The van der Waals surface area contributed by atoms with Crippen LogP contribution in [0.3, 0.4) is 0 Å². The first-order valence-corrected chi connectivity index (χ1v) is 9.83. The van der Waals surface area contributed by atoms with Gasteiger partial charge in [0.15, 0.2) is 5.96 Å². The van der Waals surface area contributed by atoms with E-state index < -0.39 is 0 Å². The summed E-state index contributed by atoms with van der Waals surface area (Å²) in [5, 5.41) is 3.38. The smallest absolute Gasteiger partial charge is 0.251 e. The number of nitrogens with zero attached hydrogens (tertiary/aromatic N) is 3. The van der Waals surface area contributed by atoms with Crippen molar-refractivity contribution >= 4 is 35.8 Å². The van der Waals surface area contributed by atoms with Crippen molar-refractivity contribution in [2.24, 2.45) is 4.99 Å². The Kier molecular flexibility index (Phi) is 9.41. The van der Waals surface area contributed by atoms with Crippen molar-refractivity contribution in [1.82, 2.24) is 15.1 Å². The summed E-state index contributed by atoms with van der Waals surface area (Å²) in [5.41, 5.74) is 0. The molecule has 0 saturated carbocycles. The van der Waals surface area contributed by atoms with Crippen LogP contribution in [0.25, 0.3) is 0 Å². The molecule has 3 saturated heterocycles. The maximum Gasteiger partial charge on any atom is 0.251 e. The number of carbonyl (C=O) groups is 1. The van der Waals surface area contributed by atoms with Crippen LogP contribution < -0.4 is 5.32 Å². The lowest BCUT2D eigenvalue weighted by Gasteiger charge is -2.37. The van der Waals surface area contributed by atoms with Crippen LogP contribution in [-0.2, 0) is 14.3 Å². The van der Waals surface area contributed by atoms with E-state index in [9.17, 15) is 4.79 Å². The van der Waals surface area contributed by atoms with Crippen LogP contribution in [0.4, 0.5) is 0 Å². The number of nitrogens with one attached hydrogen (secondary N) is 1. The van der Waals surface area contributed by atoms with Crippen molar-refractivity contribution in [1.29, 1.82) is 0 Å². The van der Waals surface area contributed by atoms with Gasteiger partial charge < -0.3 is 24.6 Å². The number of hydrogen-bond donors (Lipinski definition) is 1. The molecular weight excluding hydrogens is 447 g/mol. The second-order valence-electron chi connectivity index (χ2n) is 7.00. The highest BCUT2D eigenvalue weighted by Gasteiger charge is 2.31. The normalized spacial score (nSPS) is 27.2. The van der Waals surface area contributed by atoms with Crippen LogP contribution in [0.15, 0.2) is 4.99 Å². The van der Waals surface area contributed by atoms with Crippen molar-refractivity contribution in [3.8, 4) is 0 Å². The molecule has 2 unspecified atom stereocenters. The highest BCUT2D eigenvalue weighted by Crippen LogP contribution is 2.16. The summed E-state index contributed by atoms with van der Waals surface area (Å²) >= 11 is 0. The molecule has 0 bridgehead atoms. The van der Waals surface area contributed by atoms with E-state index in [4.69, 9.17) is 14.5 Å². The number of rotatable bonds is 4. The first-order valence-electron chi connectivity index (χ1n) is 9.83. The van der Waals surface area contributed by atoms with Crippen molar-refractivity contribution in [3.05, 3.63) is 0 Å². The quantitative estimate of drug-likeness (QED) is 0.375. The van der Waals surface area contributed by atoms with Gasteiger partial charge in [0.25, 0.3) is 5.91 Å². The van der Waals surface area contributed by atoms with Crippen LogP contribution in [0.2, 0.25) is 0 Å². The minimum Gasteiger partial charge on any atom is -0.376 e. The van der Waals surface area contributed by atoms with Gasteiger partial charge in [-0.1, -0.05) is 0 Å². The predicted octanol–water partition coefficient (Wildman–Crippen LogP) is 1.46. The van der Waals surface area contributed by atoms with Crippen LogP contribution in [-0.4, -0.2) is 86.4 Å². The van der Waals surface area contributed by atoms with Gasteiger partial charge in [-0.05, 0) is 39.0 Å². The first kappa shape index (κ1) is 21.7. The molecule has 0 aromatic heterocycles. The van der Waals surface area contributed by atoms with Gasteiger partial charge in [-0.25, -0.2) is 0 Å². The molecule has 3 fully saturated rings. The third kappa shape index (κ3) is 5.95. The third-order valence-corrected chi connectivity index (χ3v) is 5.15. The largest absolute Gasteiger partial charge is 0.376 e. The van der Waals surface area contributed by atoms with E-state index in [2.05, 4.69) is 17.1 Å². The fraction of sp³-hybridized carbons (Fsp3) is 0.889.